The molecule has 0 aliphatic heterocycles. The van der Waals surface area contributed by atoms with Gasteiger partial charge in [0.05, 0.1) is 25.6 Å². The smallest absolute Gasteiger partial charge is 0.269 e. The number of nitro groups is 1. The predicted octanol–water partition coefficient (Wildman–Crippen LogP) is 5.43. The summed E-state index contributed by atoms with van der Waals surface area (Å²) in [6, 6.07) is 16.1. The van der Waals surface area contributed by atoms with Gasteiger partial charge in [-0.1, -0.05) is 47.5 Å². The molecule has 1 atom stereocenters. The van der Waals surface area contributed by atoms with E-state index in [2.05, 4.69) is 5.32 Å². The lowest BCUT2D eigenvalue weighted by molar-refractivity contribution is -0.384. The Bertz CT molecular complexity index is 1530. The molecule has 0 heterocycles. The molecular weight excluding hydrogens is 591 g/mol. The first-order valence-electron chi connectivity index (χ1n) is 12.5. The van der Waals surface area contributed by atoms with Crippen molar-refractivity contribution in [3.63, 3.8) is 0 Å². The van der Waals surface area contributed by atoms with Crippen LogP contribution in [0.4, 0.5) is 11.4 Å². The lowest BCUT2D eigenvalue weighted by atomic mass is 10.1. The highest BCUT2D eigenvalue weighted by Crippen LogP contribution is 2.27. The molecule has 0 saturated carbocycles. The molecule has 41 heavy (non-hydrogen) atoms. The highest BCUT2D eigenvalue weighted by Gasteiger charge is 2.33. The molecule has 10 nitrogen and oxygen atoms in total. The maximum atomic E-state index is 13.9. The van der Waals surface area contributed by atoms with Crippen LogP contribution in [0.5, 0.6) is 0 Å². The van der Waals surface area contributed by atoms with E-state index in [9.17, 15) is 28.1 Å². The van der Waals surface area contributed by atoms with Crippen molar-refractivity contribution in [1.82, 2.24) is 10.2 Å². The summed E-state index contributed by atoms with van der Waals surface area (Å²) in [6.07, 6.45) is 0. The number of amides is 2. The van der Waals surface area contributed by atoms with Crippen LogP contribution in [0.2, 0.25) is 10.0 Å². The summed E-state index contributed by atoms with van der Waals surface area (Å²) < 4.78 is 28.4. The number of sulfonamides is 1. The second-order valence-electron chi connectivity index (χ2n) is 10.3. The molecule has 218 valence electrons. The lowest BCUT2D eigenvalue weighted by Gasteiger charge is -2.33. The quantitative estimate of drug-likeness (QED) is 0.238. The van der Waals surface area contributed by atoms with Crippen LogP contribution in [-0.4, -0.2) is 48.2 Å². The van der Waals surface area contributed by atoms with Crippen molar-refractivity contribution in [2.24, 2.45) is 0 Å². The zero-order valence-electron chi connectivity index (χ0n) is 22.9. The summed E-state index contributed by atoms with van der Waals surface area (Å²) in [5, 5.41) is 14.6. The fourth-order valence-corrected chi connectivity index (χ4v) is 5.64. The van der Waals surface area contributed by atoms with Gasteiger partial charge in [0.15, 0.2) is 0 Å². The SMILES string of the molecule is C[C@@H](C(=O)NC(C)(C)C)N(Cc1ccc(Cl)c(Cl)c1)C(=O)CN(c1ccc([N+](=O)[O-])cc1)S(=O)(=O)c1ccccc1. The predicted molar refractivity (Wildman–Crippen MR) is 158 cm³/mol. The number of rotatable bonds is 10. The Balaban J connectivity index is 2.06. The summed E-state index contributed by atoms with van der Waals surface area (Å²) in [4.78, 5) is 38.8. The van der Waals surface area contributed by atoms with Crippen molar-refractivity contribution in [3.05, 3.63) is 98.5 Å². The average Bonchev–Trinajstić information content (AvgIpc) is 2.91. The van der Waals surface area contributed by atoms with Crippen molar-refractivity contribution in [2.45, 2.75) is 50.7 Å². The van der Waals surface area contributed by atoms with Gasteiger partial charge in [-0.3, -0.25) is 24.0 Å². The number of non-ortho nitro benzene ring substituents is 1. The molecule has 0 aromatic heterocycles. The first-order chi connectivity index (χ1) is 19.1. The van der Waals surface area contributed by atoms with E-state index in [0.717, 1.165) is 16.4 Å². The van der Waals surface area contributed by atoms with Crippen molar-refractivity contribution in [1.29, 1.82) is 0 Å². The third-order valence-corrected chi connectivity index (χ3v) is 8.49. The van der Waals surface area contributed by atoms with E-state index in [1.165, 1.54) is 41.3 Å². The number of halogens is 2. The second-order valence-corrected chi connectivity index (χ2v) is 13.0. The van der Waals surface area contributed by atoms with Gasteiger partial charge in [-0.25, -0.2) is 8.42 Å². The molecule has 3 rings (SSSR count). The molecule has 0 aliphatic rings. The third kappa shape index (κ3) is 8.18. The van der Waals surface area contributed by atoms with Gasteiger partial charge in [-0.05, 0) is 69.7 Å². The minimum atomic E-state index is -4.30. The molecule has 3 aromatic rings. The van der Waals surface area contributed by atoms with E-state index in [1.54, 1.807) is 52.0 Å². The van der Waals surface area contributed by atoms with Gasteiger partial charge in [0.1, 0.15) is 12.6 Å². The van der Waals surface area contributed by atoms with Crippen LogP contribution in [0.25, 0.3) is 0 Å². The molecule has 0 bridgehead atoms. The van der Waals surface area contributed by atoms with E-state index in [1.807, 2.05) is 0 Å². The van der Waals surface area contributed by atoms with Gasteiger partial charge in [-0.2, -0.15) is 0 Å². The summed E-state index contributed by atoms with van der Waals surface area (Å²) in [6.45, 7) is 6.17. The Labute approximate surface area is 249 Å². The van der Waals surface area contributed by atoms with Gasteiger partial charge >= 0.3 is 0 Å². The summed E-state index contributed by atoms with van der Waals surface area (Å²) in [5.74, 6) is -1.13. The monoisotopic (exact) mass is 620 g/mol. The zero-order chi connectivity index (χ0) is 30.5. The largest absolute Gasteiger partial charge is 0.350 e. The van der Waals surface area contributed by atoms with Crippen LogP contribution in [-0.2, 0) is 26.2 Å². The van der Waals surface area contributed by atoms with E-state index < -0.39 is 44.9 Å². The highest BCUT2D eigenvalue weighted by molar-refractivity contribution is 7.92. The fourth-order valence-electron chi connectivity index (χ4n) is 3.88. The fraction of sp³-hybridized carbons (Fsp3) is 0.286. The molecule has 0 aliphatic carbocycles. The molecule has 13 heteroatoms. The number of carbonyl (C=O) groups excluding carboxylic acids is 2. The van der Waals surface area contributed by atoms with Gasteiger partial charge < -0.3 is 10.2 Å². The van der Waals surface area contributed by atoms with Crippen LogP contribution in [0.1, 0.15) is 33.3 Å². The number of benzene rings is 3. The number of nitrogens with one attached hydrogen (secondary N) is 1. The van der Waals surface area contributed by atoms with Crippen molar-refractivity contribution >= 4 is 56.4 Å². The molecular formula is C28H30Cl2N4O6S. The first kappa shape index (κ1) is 31.9. The second kappa shape index (κ2) is 12.9. The third-order valence-electron chi connectivity index (χ3n) is 5.96. The Morgan fingerprint density at radius 3 is 2.12 bits per heavy atom. The number of nitrogens with zero attached hydrogens (tertiary/aromatic N) is 3. The summed E-state index contributed by atoms with van der Waals surface area (Å²) in [7, 11) is -4.30. The lowest BCUT2D eigenvalue weighted by Crippen LogP contribution is -2.54. The average molecular weight is 622 g/mol. The zero-order valence-corrected chi connectivity index (χ0v) is 25.2. The normalized spacial score (nSPS) is 12.3. The molecule has 2 amide bonds. The Morgan fingerprint density at radius 2 is 1.59 bits per heavy atom. The van der Waals surface area contributed by atoms with Gasteiger partial charge in [0.25, 0.3) is 15.7 Å². The highest BCUT2D eigenvalue weighted by atomic mass is 35.5. The summed E-state index contributed by atoms with van der Waals surface area (Å²) in [5.41, 5.74) is -0.235. The van der Waals surface area contributed by atoms with Gasteiger partial charge in [-0.15, -0.1) is 0 Å². The van der Waals surface area contributed by atoms with Crippen molar-refractivity contribution in [2.75, 3.05) is 10.8 Å². The van der Waals surface area contributed by atoms with Crippen LogP contribution in [0.3, 0.4) is 0 Å². The van der Waals surface area contributed by atoms with E-state index >= 15 is 0 Å². The van der Waals surface area contributed by atoms with Gasteiger partial charge in [0.2, 0.25) is 11.8 Å². The standard InChI is InChI=1S/C28H30Cl2N4O6S/c1-19(27(36)31-28(2,3)4)32(17-20-10-15-24(29)25(30)16-20)26(35)18-33(21-11-13-22(14-12-21)34(37)38)41(39,40)23-8-6-5-7-9-23/h5-16,19H,17-18H2,1-4H3,(H,31,36)/t19-/m0/s1. The Kier molecular flexibility index (Phi) is 10.0. The van der Waals surface area contributed by atoms with Crippen LogP contribution >= 0.6 is 23.2 Å². The maximum Gasteiger partial charge on any atom is 0.269 e. The van der Waals surface area contributed by atoms with Crippen LogP contribution in [0, 0.1) is 10.1 Å². The molecule has 0 saturated heterocycles. The summed E-state index contributed by atoms with van der Waals surface area (Å²) >= 11 is 12.2. The van der Waals surface area contributed by atoms with E-state index in [-0.39, 0.29) is 27.8 Å². The maximum absolute atomic E-state index is 13.9. The Hall–Kier alpha value is -3.67. The molecule has 3 aromatic carbocycles. The Morgan fingerprint density at radius 1 is 0.976 bits per heavy atom. The number of carbonyl (C=O) groups is 2. The number of nitro benzene ring substituents is 1. The van der Waals surface area contributed by atoms with Crippen molar-refractivity contribution in [3.8, 4) is 0 Å². The number of hydrogen-bond donors (Lipinski definition) is 1. The molecule has 0 fully saturated rings. The molecule has 0 unspecified atom stereocenters. The topological polar surface area (TPSA) is 130 Å². The van der Waals surface area contributed by atoms with Crippen LogP contribution in [0.15, 0.2) is 77.7 Å². The van der Waals surface area contributed by atoms with E-state index in [4.69, 9.17) is 23.2 Å². The minimum Gasteiger partial charge on any atom is -0.350 e. The van der Waals surface area contributed by atoms with Crippen molar-refractivity contribution < 1.29 is 22.9 Å². The van der Waals surface area contributed by atoms with Gasteiger partial charge in [0, 0.05) is 24.2 Å². The van der Waals surface area contributed by atoms with E-state index in [0.29, 0.717) is 10.6 Å². The molecule has 1 N–H and O–H groups in total. The number of anilines is 1. The molecule has 0 radical (unpaired) electrons. The number of hydrogen-bond acceptors (Lipinski definition) is 6. The van der Waals surface area contributed by atoms with Crippen LogP contribution < -0.4 is 9.62 Å². The molecule has 0 spiro atoms. The first-order valence-corrected chi connectivity index (χ1v) is 14.7. The minimum absolute atomic E-state index is 0.0362.